The minimum absolute atomic E-state index is 0.0535. The van der Waals surface area contributed by atoms with E-state index >= 15 is 0 Å². The number of hydrogen-bond donors (Lipinski definition) is 1. The predicted octanol–water partition coefficient (Wildman–Crippen LogP) is 5.96. The van der Waals surface area contributed by atoms with Crippen LogP contribution in [0.1, 0.15) is 29.5 Å². The highest BCUT2D eigenvalue weighted by Crippen LogP contribution is 2.52. The third-order valence-corrected chi connectivity index (χ3v) is 5.12. The van der Waals surface area contributed by atoms with E-state index in [0.29, 0.717) is 16.0 Å². The van der Waals surface area contributed by atoms with Gasteiger partial charge in [-0.05, 0) is 42.2 Å². The van der Waals surface area contributed by atoms with E-state index in [4.69, 9.17) is 23.2 Å². The second-order valence-electron chi connectivity index (χ2n) is 5.88. The second kappa shape index (κ2) is 5.29. The Kier molecular flexibility index (Phi) is 3.39. The van der Waals surface area contributed by atoms with Crippen LogP contribution in [0.25, 0.3) is 0 Å². The molecule has 4 rings (SSSR count). The van der Waals surface area contributed by atoms with E-state index < -0.39 is 0 Å². The van der Waals surface area contributed by atoms with Crippen LogP contribution >= 0.6 is 23.2 Å². The lowest BCUT2D eigenvalue weighted by Crippen LogP contribution is -2.29. The Labute approximate surface area is 138 Å². The van der Waals surface area contributed by atoms with Gasteiger partial charge in [0, 0.05) is 27.2 Å². The van der Waals surface area contributed by atoms with Crippen molar-refractivity contribution >= 4 is 28.9 Å². The Morgan fingerprint density at radius 3 is 2.82 bits per heavy atom. The smallest absolute Gasteiger partial charge is 0.123 e. The Hall–Kier alpha value is -1.51. The average Bonchev–Trinajstić information content (AvgIpc) is 2.94. The van der Waals surface area contributed by atoms with Gasteiger partial charge in [0.25, 0.3) is 0 Å². The fraction of sp³-hybridized carbons (Fsp3) is 0.222. The largest absolute Gasteiger partial charge is 0.378 e. The van der Waals surface area contributed by atoms with Gasteiger partial charge < -0.3 is 5.32 Å². The lowest BCUT2D eigenvalue weighted by Gasteiger charge is -2.38. The first-order valence-electron chi connectivity index (χ1n) is 7.31. The molecule has 2 aromatic rings. The molecule has 0 saturated carbocycles. The monoisotopic (exact) mass is 333 g/mol. The van der Waals surface area contributed by atoms with Crippen LogP contribution in [0.15, 0.2) is 48.6 Å². The molecule has 0 amide bonds. The van der Waals surface area contributed by atoms with Crippen LogP contribution in [0.2, 0.25) is 10.0 Å². The van der Waals surface area contributed by atoms with E-state index in [0.717, 1.165) is 23.2 Å². The van der Waals surface area contributed by atoms with Crippen LogP contribution in [-0.2, 0) is 0 Å². The summed E-state index contributed by atoms with van der Waals surface area (Å²) in [6, 6.07) is 10.5. The summed E-state index contributed by atoms with van der Waals surface area (Å²) in [5.74, 6) is 0.374. The Morgan fingerprint density at radius 2 is 2.00 bits per heavy atom. The molecular weight excluding hydrogens is 320 g/mol. The molecule has 0 fully saturated rings. The second-order valence-corrected chi connectivity index (χ2v) is 6.72. The normalized spacial score (nSPS) is 25.5. The zero-order chi connectivity index (χ0) is 15.3. The van der Waals surface area contributed by atoms with Crippen molar-refractivity contribution in [2.45, 2.75) is 18.4 Å². The molecule has 22 heavy (non-hydrogen) atoms. The molecule has 1 aliphatic carbocycles. The number of nitrogens with one attached hydrogen (secondary N) is 1. The van der Waals surface area contributed by atoms with Crippen LogP contribution < -0.4 is 5.32 Å². The van der Waals surface area contributed by atoms with Crippen LogP contribution in [-0.4, -0.2) is 0 Å². The van der Waals surface area contributed by atoms with Gasteiger partial charge in [0.2, 0.25) is 0 Å². The molecule has 0 spiro atoms. The maximum Gasteiger partial charge on any atom is 0.123 e. The summed E-state index contributed by atoms with van der Waals surface area (Å²) in [5.41, 5.74) is 3.00. The van der Waals surface area contributed by atoms with Gasteiger partial charge in [-0.2, -0.15) is 0 Å². The maximum absolute atomic E-state index is 13.6. The molecule has 0 radical (unpaired) electrons. The van der Waals surface area contributed by atoms with Crippen molar-refractivity contribution < 1.29 is 4.39 Å². The van der Waals surface area contributed by atoms with Gasteiger partial charge in [0.15, 0.2) is 0 Å². The van der Waals surface area contributed by atoms with E-state index in [1.165, 1.54) is 6.07 Å². The van der Waals surface area contributed by atoms with Crippen molar-refractivity contribution in [1.29, 1.82) is 0 Å². The molecule has 1 aliphatic heterocycles. The molecule has 1 N–H and O–H groups in total. The SMILES string of the molecule is Fc1cccc([C@@H]2Nc3cc(Cl)cc(Cl)c3[C@H]3C=CC[C@@H]32)c1. The van der Waals surface area contributed by atoms with Gasteiger partial charge in [-0.25, -0.2) is 4.39 Å². The molecule has 0 bridgehead atoms. The Bertz CT molecular complexity index is 772. The van der Waals surface area contributed by atoms with Gasteiger partial charge in [0.1, 0.15) is 5.82 Å². The van der Waals surface area contributed by atoms with Crippen LogP contribution in [0, 0.1) is 11.7 Å². The van der Waals surface area contributed by atoms with E-state index in [9.17, 15) is 4.39 Å². The summed E-state index contributed by atoms with van der Waals surface area (Å²) in [4.78, 5) is 0. The van der Waals surface area contributed by atoms with Crippen molar-refractivity contribution in [3.8, 4) is 0 Å². The number of hydrogen-bond acceptors (Lipinski definition) is 1. The summed E-state index contributed by atoms with van der Waals surface area (Å²) >= 11 is 12.6. The molecule has 0 unspecified atom stereocenters. The quantitative estimate of drug-likeness (QED) is 0.635. The number of allylic oxidation sites excluding steroid dienone is 2. The molecule has 0 saturated heterocycles. The molecule has 1 heterocycles. The summed E-state index contributed by atoms with van der Waals surface area (Å²) < 4.78 is 13.6. The van der Waals surface area contributed by atoms with Crippen molar-refractivity contribution in [1.82, 2.24) is 0 Å². The third kappa shape index (κ3) is 2.22. The fourth-order valence-electron chi connectivity index (χ4n) is 3.67. The summed E-state index contributed by atoms with van der Waals surface area (Å²) in [7, 11) is 0. The van der Waals surface area contributed by atoms with Crippen molar-refractivity contribution in [2.24, 2.45) is 5.92 Å². The van der Waals surface area contributed by atoms with Crippen molar-refractivity contribution in [3.05, 3.63) is 75.5 Å². The zero-order valence-corrected chi connectivity index (χ0v) is 13.2. The number of anilines is 1. The average molecular weight is 334 g/mol. The molecule has 4 heteroatoms. The molecule has 112 valence electrons. The lowest BCUT2D eigenvalue weighted by molar-refractivity contribution is 0.424. The third-order valence-electron chi connectivity index (χ3n) is 4.59. The first-order valence-corrected chi connectivity index (χ1v) is 8.06. The van der Waals surface area contributed by atoms with Gasteiger partial charge in [-0.15, -0.1) is 0 Å². The number of fused-ring (bicyclic) bond motifs is 3. The fourth-order valence-corrected chi connectivity index (χ4v) is 4.29. The van der Waals surface area contributed by atoms with Gasteiger partial charge in [-0.1, -0.05) is 47.5 Å². The maximum atomic E-state index is 13.6. The zero-order valence-electron chi connectivity index (χ0n) is 11.7. The first kappa shape index (κ1) is 14.1. The molecular formula is C18H14Cl2FN. The van der Waals surface area contributed by atoms with Gasteiger partial charge in [0.05, 0.1) is 6.04 Å². The van der Waals surface area contributed by atoms with Gasteiger partial charge in [-0.3, -0.25) is 0 Å². The van der Waals surface area contributed by atoms with Crippen LogP contribution in [0.4, 0.5) is 10.1 Å². The predicted molar refractivity (Wildman–Crippen MR) is 89.2 cm³/mol. The van der Waals surface area contributed by atoms with E-state index in [2.05, 4.69) is 17.5 Å². The summed E-state index contributed by atoms with van der Waals surface area (Å²) in [5, 5.41) is 4.81. The number of rotatable bonds is 1. The number of benzene rings is 2. The van der Waals surface area contributed by atoms with E-state index in [1.807, 2.05) is 12.1 Å². The summed E-state index contributed by atoms with van der Waals surface area (Å²) in [6.45, 7) is 0. The minimum Gasteiger partial charge on any atom is -0.378 e. The Balaban J connectivity index is 1.84. The Morgan fingerprint density at radius 1 is 1.14 bits per heavy atom. The lowest BCUT2D eigenvalue weighted by atomic mass is 9.77. The number of halogens is 3. The molecule has 2 aliphatic rings. The summed E-state index contributed by atoms with van der Waals surface area (Å²) in [6.07, 6.45) is 5.34. The van der Waals surface area contributed by atoms with Crippen LogP contribution in [0.3, 0.4) is 0 Å². The van der Waals surface area contributed by atoms with E-state index in [-0.39, 0.29) is 17.8 Å². The van der Waals surface area contributed by atoms with E-state index in [1.54, 1.807) is 18.2 Å². The highest BCUT2D eigenvalue weighted by Gasteiger charge is 2.39. The van der Waals surface area contributed by atoms with Crippen LogP contribution in [0.5, 0.6) is 0 Å². The topological polar surface area (TPSA) is 12.0 Å². The molecule has 0 aromatic heterocycles. The highest BCUT2D eigenvalue weighted by molar-refractivity contribution is 6.35. The molecule has 2 aromatic carbocycles. The van der Waals surface area contributed by atoms with Crippen molar-refractivity contribution in [3.63, 3.8) is 0 Å². The molecule has 3 atom stereocenters. The standard InChI is InChI=1S/C18H14Cl2FN/c19-11-8-15(20)17-13-5-2-6-14(13)18(22-16(17)9-11)10-3-1-4-12(21)7-10/h1-5,7-9,13-14,18,22H,6H2/t13-,14-,18-/m0/s1. The minimum atomic E-state index is -0.211. The van der Waals surface area contributed by atoms with Gasteiger partial charge >= 0.3 is 0 Å². The van der Waals surface area contributed by atoms with Crippen molar-refractivity contribution in [2.75, 3.05) is 5.32 Å². The molecule has 1 nitrogen and oxygen atoms in total. The highest BCUT2D eigenvalue weighted by atomic mass is 35.5. The first-order chi connectivity index (χ1) is 10.6.